The first kappa shape index (κ1) is 11.1. The van der Waals surface area contributed by atoms with Crippen LogP contribution in [-0.4, -0.2) is 0 Å². The van der Waals surface area contributed by atoms with E-state index in [1.807, 2.05) is 0 Å². The zero-order chi connectivity index (χ0) is 9.36. The minimum Gasteiger partial charge on any atom is -0.0654 e. The molecule has 0 spiro atoms. The largest absolute Gasteiger partial charge is 0.0654 e. The van der Waals surface area contributed by atoms with Gasteiger partial charge in [0.25, 0.3) is 0 Å². The summed E-state index contributed by atoms with van der Waals surface area (Å²) in [6.07, 6.45) is 17.1. The van der Waals surface area contributed by atoms with Gasteiger partial charge < -0.3 is 0 Å². The zero-order valence-corrected chi connectivity index (χ0v) is 9.23. The van der Waals surface area contributed by atoms with E-state index in [9.17, 15) is 0 Å². The number of rotatable bonds is 7. The van der Waals surface area contributed by atoms with Crippen molar-refractivity contribution in [3.05, 3.63) is 6.42 Å². The number of unbranched alkanes of at least 4 members (excludes halogenated alkanes) is 5. The summed E-state index contributed by atoms with van der Waals surface area (Å²) in [4.78, 5) is 0. The van der Waals surface area contributed by atoms with Gasteiger partial charge in [-0.3, -0.25) is 0 Å². The molecule has 0 bridgehead atoms. The third-order valence-electron chi connectivity index (χ3n) is 3.21. The van der Waals surface area contributed by atoms with Gasteiger partial charge in [-0.05, 0) is 18.8 Å². The van der Waals surface area contributed by atoms with E-state index in [0.29, 0.717) is 0 Å². The topological polar surface area (TPSA) is 0 Å². The van der Waals surface area contributed by atoms with Gasteiger partial charge in [0, 0.05) is 0 Å². The lowest BCUT2D eigenvalue weighted by atomic mass is 9.99. The lowest BCUT2D eigenvalue weighted by molar-refractivity contribution is 0.506. The highest BCUT2D eigenvalue weighted by atomic mass is 14.2. The molecule has 1 saturated carbocycles. The summed E-state index contributed by atoms with van der Waals surface area (Å²) in [6.45, 7) is 2.29. The fourth-order valence-corrected chi connectivity index (χ4v) is 2.30. The van der Waals surface area contributed by atoms with Crippen LogP contribution in [0.25, 0.3) is 0 Å². The number of hydrogen-bond donors (Lipinski definition) is 0. The van der Waals surface area contributed by atoms with Gasteiger partial charge in [0.05, 0.1) is 0 Å². The Morgan fingerprint density at radius 1 is 1.08 bits per heavy atom. The van der Waals surface area contributed by atoms with Gasteiger partial charge in [-0.2, -0.15) is 0 Å². The normalized spacial score (nSPS) is 18.2. The first-order chi connectivity index (χ1) is 6.43. The first-order valence-electron chi connectivity index (χ1n) is 6.27. The molecule has 0 heteroatoms. The second kappa shape index (κ2) is 7.41. The molecule has 1 aliphatic rings. The monoisotopic (exact) mass is 181 g/mol. The maximum Gasteiger partial charge on any atom is -0.0355 e. The van der Waals surface area contributed by atoms with Crippen LogP contribution in [0.1, 0.15) is 71.1 Å². The Morgan fingerprint density at radius 3 is 2.54 bits per heavy atom. The molecule has 13 heavy (non-hydrogen) atoms. The van der Waals surface area contributed by atoms with E-state index < -0.39 is 0 Å². The lowest BCUT2D eigenvalue weighted by Gasteiger charge is -2.07. The highest BCUT2D eigenvalue weighted by Gasteiger charge is 2.13. The average Bonchev–Trinajstić information content (AvgIpc) is 2.63. The van der Waals surface area contributed by atoms with Gasteiger partial charge in [-0.1, -0.05) is 64.7 Å². The molecule has 1 fully saturated rings. The molecule has 1 rings (SSSR count). The second-order valence-electron chi connectivity index (χ2n) is 4.48. The van der Waals surface area contributed by atoms with Gasteiger partial charge in [-0.25, -0.2) is 0 Å². The fraction of sp³-hybridized carbons (Fsp3) is 0.923. The Labute approximate surface area is 84.1 Å². The molecular weight excluding hydrogens is 156 g/mol. The first-order valence-corrected chi connectivity index (χ1v) is 6.27. The fourth-order valence-electron chi connectivity index (χ4n) is 2.30. The summed E-state index contributed by atoms with van der Waals surface area (Å²) in [7, 11) is 0. The molecule has 0 heterocycles. The summed E-state index contributed by atoms with van der Waals surface area (Å²) < 4.78 is 0. The van der Waals surface area contributed by atoms with Gasteiger partial charge in [0.15, 0.2) is 0 Å². The Bertz CT molecular complexity index is 101. The van der Waals surface area contributed by atoms with E-state index >= 15 is 0 Å². The van der Waals surface area contributed by atoms with Crippen molar-refractivity contribution < 1.29 is 0 Å². The standard InChI is InChI=1S/C13H25/c1-2-3-4-5-6-7-10-13-11-8-9-12-13/h11,13H,2-10,12H2,1H3. The maximum atomic E-state index is 2.55. The molecule has 0 nitrogen and oxygen atoms in total. The van der Waals surface area contributed by atoms with Crippen LogP contribution >= 0.6 is 0 Å². The lowest BCUT2D eigenvalue weighted by Crippen LogP contribution is -1.93. The van der Waals surface area contributed by atoms with E-state index in [4.69, 9.17) is 0 Å². The molecule has 77 valence electrons. The highest BCUT2D eigenvalue weighted by Crippen LogP contribution is 2.28. The minimum atomic E-state index is 0.992. The Hall–Kier alpha value is 0. The molecule has 1 atom stereocenters. The van der Waals surface area contributed by atoms with Crippen LogP contribution in [0.15, 0.2) is 0 Å². The van der Waals surface area contributed by atoms with Crippen LogP contribution in [0.2, 0.25) is 0 Å². The van der Waals surface area contributed by atoms with Crippen molar-refractivity contribution in [2.24, 2.45) is 5.92 Å². The van der Waals surface area contributed by atoms with Crippen LogP contribution in [0.5, 0.6) is 0 Å². The Balaban J connectivity index is 1.78. The molecule has 0 aromatic rings. The molecular formula is C13H25. The van der Waals surface area contributed by atoms with Crippen LogP contribution < -0.4 is 0 Å². The van der Waals surface area contributed by atoms with Crippen molar-refractivity contribution in [2.45, 2.75) is 71.1 Å². The molecule has 1 aliphatic carbocycles. The third-order valence-corrected chi connectivity index (χ3v) is 3.21. The summed E-state index contributed by atoms with van der Waals surface area (Å²) in [5.41, 5.74) is 0. The van der Waals surface area contributed by atoms with Crippen molar-refractivity contribution in [1.82, 2.24) is 0 Å². The van der Waals surface area contributed by atoms with Crippen LogP contribution in [-0.2, 0) is 0 Å². The van der Waals surface area contributed by atoms with Crippen LogP contribution in [0.4, 0.5) is 0 Å². The van der Waals surface area contributed by atoms with E-state index in [0.717, 1.165) is 5.92 Å². The van der Waals surface area contributed by atoms with E-state index in [2.05, 4.69) is 13.3 Å². The summed E-state index contributed by atoms with van der Waals surface area (Å²) in [6, 6.07) is 0. The Kier molecular flexibility index (Phi) is 6.31. The number of hydrogen-bond acceptors (Lipinski definition) is 0. The molecule has 0 amide bonds. The summed E-state index contributed by atoms with van der Waals surface area (Å²) in [5.74, 6) is 0.992. The molecule has 1 radical (unpaired) electrons. The molecule has 0 N–H and O–H groups in total. The zero-order valence-electron chi connectivity index (χ0n) is 9.23. The van der Waals surface area contributed by atoms with Gasteiger partial charge in [-0.15, -0.1) is 0 Å². The third kappa shape index (κ3) is 5.33. The van der Waals surface area contributed by atoms with Crippen molar-refractivity contribution in [2.75, 3.05) is 0 Å². The maximum absolute atomic E-state index is 2.55. The molecule has 0 aromatic carbocycles. The average molecular weight is 181 g/mol. The molecule has 0 aliphatic heterocycles. The van der Waals surface area contributed by atoms with Crippen LogP contribution in [0.3, 0.4) is 0 Å². The van der Waals surface area contributed by atoms with Crippen molar-refractivity contribution >= 4 is 0 Å². The van der Waals surface area contributed by atoms with Gasteiger partial charge in [0.2, 0.25) is 0 Å². The molecule has 0 saturated heterocycles. The van der Waals surface area contributed by atoms with E-state index in [1.165, 1.54) is 64.2 Å². The van der Waals surface area contributed by atoms with Crippen molar-refractivity contribution in [1.29, 1.82) is 0 Å². The quantitative estimate of drug-likeness (QED) is 0.498. The van der Waals surface area contributed by atoms with Crippen molar-refractivity contribution in [3.63, 3.8) is 0 Å². The van der Waals surface area contributed by atoms with E-state index in [-0.39, 0.29) is 0 Å². The van der Waals surface area contributed by atoms with Crippen molar-refractivity contribution in [3.8, 4) is 0 Å². The summed E-state index contributed by atoms with van der Waals surface area (Å²) >= 11 is 0. The smallest absolute Gasteiger partial charge is 0.0355 e. The predicted molar refractivity (Wildman–Crippen MR) is 59.6 cm³/mol. The molecule has 1 unspecified atom stereocenters. The second-order valence-corrected chi connectivity index (χ2v) is 4.48. The van der Waals surface area contributed by atoms with Crippen LogP contribution in [0, 0.1) is 12.3 Å². The SMILES string of the molecule is CCCCCCCCC1[CH]CCC1. The van der Waals surface area contributed by atoms with Gasteiger partial charge in [0.1, 0.15) is 0 Å². The highest BCUT2D eigenvalue weighted by molar-refractivity contribution is 4.82. The Morgan fingerprint density at radius 2 is 1.85 bits per heavy atom. The summed E-state index contributed by atoms with van der Waals surface area (Å²) in [5, 5.41) is 0. The van der Waals surface area contributed by atoms with E-state index in [1.54, 1.807) is 0 Å². The minimum absolute atomic E-state index is 0.992. The predicted octanol–water partition coefficient (Wildman–Crippen LogP) is 4.74. The molecule has 0 aromatic heterocycles. The van der Waals surface area contributed by atoms with Gasteiger partial charge >= 0.3 is 0 Å².